The van der Waals surface area contributed by atoms with Gasteiger partial charge in [-0.25, -0.2) is 4.98 Å². The molecular weight excluding hydrogens is 332 g/mol. The first kappa shape index (κ1) is 18.1. The maximum absolute atomic E-state index is 12.7. The summed E-state index contributed by atoms with van der Waals surface area (Å²) in [6, 6.07) is 5.69. The molecular formula is C19H24N4O3. The Kier molecular flexibility index (Phi) is 5.37. The van der Waals surface area contributed by atoms with Crippen LogP contribution in [0, 0.1) is 13.8 Å². The fourth-order valence-corrected chi connectivity index (χ4v) is 3.22. The number of H-pyrrole nitrogens is 1. The molecule has 2 atom stereocenters. The summed E-state index contributed by atoms with van der Waals surface area (Å²) in [4.78, 5) is 33.0. The number of imidazole rings is 1. The standard InChI is InChI=1S/C19H24N4O3/c1-12-3-4-14(5-13(12)2)6-18(25)23-9-15(7-16(24)10-23)22-19(26)17-8-20-11-21-17/h3-5,8,11,15-16,24H,6-7,9-10H2,1-2H3,(H,20,21)(H,22,26). The van der Waals surface area contributed by atoms with E-state index in [2.05, 4.69) is 15.3 Å². The molecule has 138 valence electrons. The Morgan fingerprint density at radius 3 is 2.81 bits per heavy atom. The first-order valence-corrected chi connectivity index (χ1v) is 8.73. The van der Waals surface area contributed by atoms with Gasteiger partial charge in [0.1, 0.15) is 5.69 Å². The SMILES string of the molecule is Cc1ccc(CC(=O)N2CC(O)CC(NC(=O)c3cnc[nH]3)C2)cc1C. The van der Waals surface area contributed by atoms with Crippen molar-refractivity contribution in [3.05, 3.63) is 53.1 Å². The maximum Gasteiger partial charge on any atom is 0.269 e. The van der Waals surface area contributed by atoms with Crippen LogP contribution in [0.3, 0.4) is 0 Å². The van der Waals surface area contributed by atoms with E-state index >= 15 is 0 Å². The molecule has 0 bridgehead atoms. The quantitative estimate of drug-likeness (QED) is 0.760. The van der Waals surface area contributed by atoms with Crippen molar-refractivity contribution in [3.8, 4) is 0 Å². The van der Waals surface area contributed by atoms with Crippen LogP contribution in [0.4, 0.5) is 0 Å². The van der Waals surface area contributed by atoms with Crippen LogP contribution in [0.1, 0.15) is 33.6 Å². The van der Waals surface area contributed by atoms with Gasteiger partial charge in [-0.15, -0.1) is 0 Å². The van der Waals surface area contributed by atoms with E-state index < -0.39 is 6.10 Å². The van der Waals surface area contributed by atoms with Crippen LogP contribution in [0.2, 0.25) is 0 Å². The monoisotopic (exact) mass is 356 g/mol. The minimum absolute atomic E-state index is 0.0483. The molecule has 2 aromatic rings. The zero-order valence-electron chi connectivity index (χ0n) is 15.0. The Labute approximate surface area is 152 Å². The van der Waals surface area contributed by atoms with E-state index in [4.69, 9.17) is 0 Å². The summed E-state index contributed by atoms with van der Waals surface area (Å²) in [6.07, 6.45) is 2.93. The van der Waals surface area contributed by atoms with Gasteiger partial charge in [-0.3, -0.25) is 9.59 Å². The molecule has 2 amide bonds. The Morgan fingerprint density at radius 1 is 1.31 bits per heavy atom. The number of aromatic amines is 1. The second kappa shape index (κ2) is 7.70. The Balaban J connectivity index is 1.62. The molecule has 3 rings (SSSR count). The minimum atomic E-state index is -0.653. The fourth-order valence-electron chi connectivity index (χ4n) is 3.22. The summed E-state index contributed by atoms with van der Waals surface area (Å²) in [5.41, 5.74) is 3.66. The molecule has 3 N–H and O–H groups in total. The lowest BCUT2D eigenvalue weighted by Crippen LogP contribution is -2.54. The van der Waals surface area contributed by atoms with E-state index in [-0.39, 0.29) is 24.3 Å². The third-order valence-electron chi connectivity index (χ3n) is 4.79. The molecule has 7 heteroatoms. The van der Waals surface area contributed by atoms with E-state index in [0.29, 0.717) is 25.2 Å². The van der Waals surface area contributed by atoms with Crippen molar-refractivity contribution in [2.45, 2.75) is 38.8 Å². The van der Waals surface area contributed by atoms with Crippen molar-refractivity contribution in [2.75, 3.05) is 13.1 Å². The van der Waals surface area contributed by atoms with Crippen molar-refractivity contribution in [3.63, 3.8) is 0 Å². The number of nitrogens with one attached hydrogen (secondary N) is 2. The van der Waals surface area contributed by atoms with Gasteiger partial charge < -0.3 is 20.3 Å². The van der Waals surface area contributed by atoms with Gasteiger partial charge in [0, 0.05) is 19.1 Å². The predicted octanol–water partition coefficient (Wildman–Crippen LogP) is 0.961. The summed E-state index contributed by atoms with van der Waals surface area (Å²) in [5, 5.41) is 13.0. The number of rotatable bonds is 4. The van der Waals surface area contributed by atoms with Crippen LogP contribution in [0.5, 0.6) is 0 Å². The molecule has 1 aliphatic heterocycles. The molecule has 0 spiro atoms. The number of nitrogens with zero attached hydrogens (tertiary/aromatic N) is 2. The number of amides is 2. The average molecular weight is 356 g/mol. The number of benzene rings is 1. The second-order valence-corrected chi connectivity index (χ2v) is 6.92. The summed E-state index contributed by atoms with van der Waals surface area (Å²) in [7, 11) is 0. The summed E-state index contributed by atoms with van der Waals surface area (Å²) >= 11 is 0. The fraction of sp³-hybridized carbons (Fsp3) is 0.421. The van der Waals surface area contributed by atoms with Crippen LogP contribution in [-0.4, -0.2) is 57.0 Å². The maximum atomic E-state index is 12.7. The van der Waals surface area contributed by atoms with E-state index in [1.165, 1.54) is 18.1 Å². The molecule has 0 aliphatic carbocycles. The van der Waals surface area contributed by atoms with Gasteiger partial charge in [-0.1, -0.05) is 18.2 Å². The van der Waals surface area contributed by atoms with Gasteiger partial charge in [0.25, 0.3) is 5.91 Å². The summed E-state index contributed by atoms with van der Waals surface area (Å²) < 4.78 is 0. The Hall–Kier alpha value is -2.67. The highest BCUT2D eigenvalue weighted by atomic mass is 16.3. The first-order valence-electron chi connectivity index (χ1n) is 8.73. The van der Waals surface area contributed by atoms with Crippen molar-refractivity contribution in [1.29, 1.82) is 0 Å². The first-order chi connectivity index (χ1) is 12.4. The number of carbonyl (C=O) groups excluding carboxylic acids is 2. The van der Waals surface area contributed by atoms with Crippen molar-refractivity contribution < 1.29 is 14.7 Å². The lowest BCUT2D eigenvalue weighted by Gasteiger charge is -2.36. The zero-order chi connectivity index (χ0) is 18.7. The zero-order valence-corrected chi connectivity index (χ0v) is 15.0. The molecule has 7 nitrogen and oxygen atoms in total. The van der Waals surface area contributed by atoms with Crippen molar-refractivity contribution in [2.24, 2.45) is 0 Å². The lowest BCUT2D eigenvalue weighted by molar-refractivity contribution is -0.134. The number of aliphatic hydroxyl groups excluding tert-OH is 1. The number of carbonyl (C=O) groups is 2. The third kappa shape index (κ3) is 4.29. The number of aromatic nitrogens is 2. The number of β-amino-alcohol motifs (C(OH)–C–C–N with tert-alkyl or cyclic N) is 1. The number of likely N-dealkylation sites (tertiary alicyclic amines) is 1. The Morgan fingerprint density at radius 2 is 2.12 bits per heavy atom. The number of hydrogen-bond donors (Lipinski definition) is 3. The third-order valence-corrected chi connectivity index (χ3v) is 4.79. The topological polar surface area (TPSA) is 98.3 Å². The Bertz CT molecular complexity index is 788. The van der Waals surface area contributed by atoms with Gasteiger partial charge in [-0.05, 0) is 37.0 Å². The van der Waals surface area contributed by atoms with Crippen molar-refractivity contribution in [1.82, 2.24) is 20.2 Å². The lowest BCUT2D eigenvalue weighted by atomic mass is 10.0. The number of aliphatic hydroxyl groups is 1. The largest absolute Gasteiger partial charge is 0.391 e. The van der Waals surface area contributed by atoms with Crippen LogP contribution < -0.4 is 5.32 Å². The molecule has 26 heavy (non-hydrogen) atoms. The van der Waals surface area contributed by atoms with Gasteiger partial charge in [0.2, 0.25) is 5.91 Å². The summed E-state index contributed by atoms with van der Waals surface area (Å²) in [6.45, 7) is 4.74. The predicted molar refractivity (Wildman–Crippen MR) is 96.7 cm³/mol. The molecule has 1 aromatic heterocycles. The molecule has 1 aliphatic rings. The molecule has 0 saturated carbocycles. The number of piperidine rings is 1. The highest BCUT2D eigenvalue weighted by Crippen LogP contribution is 2.15. The van der Waals surface area contributed by atoms with E-state index in [9.17, 15) is 14.7 Å². The molecule has 1 saturated heterocycles. The normalized spacial score (nSPS) is 20.0. The van der Waals surface area contributed by atoms with Crippen LogP contribution >= 0.6 is 0 Å². The smallest absolute Gasteiger partial charge is 0.269 e. The molecule has 2 heterocycles. The van der Waals surface area contributed by atoms with Crippen LogP contribution in [-0.2, 0) is 11.2 Å². The molecule has 1 fully saturated rings. The highest BCUT2D eigenvalue weighted by molar-refractivity contribution is 5.92. The summed E-state index contributed by atoms with van der Waals surface area (Å²) in [5.74, 6) is -0.337. The number of aryl methyl sites for hydroxylation is 2. The molecule has 0 radical (unpaired) electrons. The van der Waals surface area contributed by atoms with Crippen LogP contribution in [0.25, 0.3) is 0 Å². The molecule has 2 unspecified atom stereocenters. The van der Waals surface area contributed by atoms with Crippen LogP contribution in [0.15, 0.2) is 30.7 Å². The molecule has 1 aromatic carbocycles. The van der Waals surface area contributed by atoms with Gasteiger partial charge in [0.05, 0.1) is 25.0 Å². The van der Waals surface area contributed by atoms with E-state index in [1.54, 1.807) is 4.90 Å². The van der Waals surface area contributed by atoms with E-state index in [0.717, 1.165) is 11.1 Å². The van der Waals surface area contributed by atoms with Gasteiger partial charge >= 0.3 is 0 Å². The highest BCUT2D eigenvalue weighted by Gasteiger charge is 2.30. The van der Waals surface area contributed by atoms with E-state index in [1.807, 2.05) is 32.0 Å². The average Bonchev–Trinajstić information content (AvgIpc) is 3.12. The second-order valence-electron chi connectivity index (χ2n) is 6.92. The minimum Gasteiger partial charge on any atom is -0.391 e. The van der Waals surface area contributed by atoms with Crippen molar-refractivity contribution >= 4 is 11.8 Å². The van der Waals surface area contributed by atoms with Gasteiger partial charge in [-0.2, -0.15) is 0 Å². The number of hydrogen-bond acceptors (Lipinski definition) is 4. The van der Waals surface area contributed by atoms with Gasteiger partial charge in [0.15, 0.2) is 0 Å².